The number of hydrogen-bond acceptors (Lipinski definition) is 3. The molecule has 1 atom stereocenters. The number of hydrogen-bond donors (Lipinski definition) is 1. The maximum absolute atomic E-state index is 6.21. The predicted octanol–water partition coefficient (Wildman–Crippen LogP) is 2.67. The molecule has 0 saturated heterocycles. The molecule has 18 heavy (non-hydrogen) atoms. The molecule has 3 nitrogen and oxygen atoms in total. The maximum Gasteiger partial charge on any atom is 0.119 e. The molecule has 0 aliphatic heterocycles. The van der Waals surface area contributed by atoms with E-state index in [1.165, 1.54) is 12.8 Å². The molecule has 1 aromatic carbocycles. The van der Waals surface area contributed by atoms with Crippen molar-refractivity contribution < 1.29 is 4.74 Å². The minimum absolute atomic E-state index is 0.108. The molecular formula is C15H16N2O. The second kappa shape index (κ2) is 4.78. The van der Waals surface area contributed by atoms with E-state index in [2.05, 4.69) is 4.98 Å². The maximum atomic E-state index is 6.21. The number of ether oxygens (including phenoxy) is 1. The zero-order valence-electron chi connectivity index (χ0n) is 10.1. The van der Waals surface area contributed by atoms with Crippen molar-refractivity contribution in [2.45, 2.75) is 25.0 Å². The Labute approximate surface area is 107 Å². The lowest BCUT2D eigenvalue weighted by molar-refractivity contribution is 0.303. The molecule has 2 aromatic rings. The summed E-state index contributed by atoms with van der Waals surface area (Å²) in [6.45, 7) is 0. The van der Waals surface area contributed by atoms with E-state index in [0.29, 0.717) is 6.10 Å². The molecule has 2 N–H and O–H groups in total. The molecule has 1 unspecified atom stereocenters. The average Bonchev–Trinajstić information content (AvgIpc) is 3.24. The number of aromatic nitrogens is 1. The van der Waals surface area contributed by atoms with Crippen molar-refractivity contribution in [3.8, 4) is 5.75 Å². The van der Waals surface area contributed by atoms with Gasteiger partial charge in [0.25, 0.3) is 0 Å². The predicted molar refractivity (Wildman–Crippen MR) is 70.4 cm³/mol. The lowest BCUT2D eigenvalue weighted by Gasteiger charge is -2.13. The molecule has 0 amide bonds. The van der Waals surface area contributed by atoms with Crippen molar-refractivity contribution in [2.24, 2.45) is 5.73 Å². The SMILES string of the molecule is NC(c1ccncc1)c1ccc(OC2CC2)cc1. The van der Waals surface area contributed by atoms with Crippen LogP contribution < -0.4 is 10.5 Å². The van der Waals surface area contributed by atoms with Gasteiger partial charge in [0.15, 0.2) is 0 Å². The van der Waals surface area contributed by atoms with Crippen molar-refractivity contribution in [2.75, 3.05) is 0 Å². The third-order valence-corrected chi connectivity index (χ3v) is 3.13. The second-order valence-electron chi connectivity index (χ2n) is 4.64. The Kier molecular flexibility index (Phi) is 2.99. The highest BCUT2D eigenvalue weighted by atomic mass is 16.5. The summed E-state index contributed by atoms with van der Waals surface area (Å²) >= 11 is 0. The van der Waals surface area contributed by atoms with Crippen LogP contribution >= 0.6 is 0 Å². The lowest BCUT2D eigenvalue weighted by Crippen LogP contribution is -2.11. The van der Waals surface area contributed by atoms with E-state index >= 15 is 0 Å². The van der Waals surface area contributed by atoms with Gasteiger partial charge in [0.05, 0.1) is 12.1 Å². The molecule has 1 aromatic heterocycles. The highest BCUT2D eigenvalue weighted by Gasteiger charge is 2.23. The molecule has 1 aliphatic carbocycles. The largest absolute Gasteiger partial charge is 0.490 e. The molecule has 0 radical (unpaired) electrons. The summed E-state index contributed by atoms with van der Waals surface area (Å²) in [6.07, 6.45) is 6.32. The van der Waals surface area contributed by atoms with Crippen LogP contribution in [0.25, 0.3) is 0 Å². The van der Waals surface area contributed by atoms with Gasteiger partial charge >= 0.3 is 0 Å². The topological polar surface area (TPSA) is 48.1 Å². The summed E-state index contributed by atoms with van der Waals surface area (Å²) in [5.41, 5.74) is 8.37. The Hall–Kier alpha value is -1.87. The van der Waals surface area contributed by atoms with Crippen LogP contribution in [0, 0.1) is 0 Å². The molecule has 1 aliphatic rings. The standard InChI is InChI=1S/C15H16N2O/c16-15(12-7-9-17-10-8-12)11-1-3-13(4-2-11)18-14-5-6-14/h1-4,7-10,14-15H,5-6,16H2. The summed E-state index contributed by atoms with van der Waals surface area (Å²) in [7, 11) is 0. The van der Waals surface area contributed by atoms with E-state index in [0.717, 1.165) is 16.9 Å². The van der Waals surface area contributed by atoms with Gasteiger partial charge in [0.2, 0.25) is 0 Å². The second-order valence-corrected chi connectivity index (χ2v) is 4.64. The molecule has 1 heterocycles. The van der Waals surface area contributed by atoms with Crippen molar-refractivity contribution in [3.05, 3.63) is 59.9 Å². The summed E-state index contributed by atoms with van der Waals surface area (Å²) in [6, 6.07) is 11.8. The van der Waals surface area contributed by atoms with Crippen LogP contribution in [0.15, 0.2) is 48.8 Å². The minimum Gasteiger partial charge on any atom is -0.490 e. The Morgan fingerprint density at radius 2 is 1.61 bits per heavy atom. The number of benzene rings is 1. The monoisotopic (exact) mass is 240 g/mol. The quantitative estimate of drug-likeness (QED) is 0.893. The van der Waals surface area contributed by atoms with Crippen molar-refractivity contribution in [3.63, 3.8) is 0 Å². The molecule has 1 fully saturated rings. The number of nitrogens with two attached hydrogens (primary N) is 1. The molecular weight excluding hydrogens is 224 g/mol. The van der Waals surface area contributed by atoms with Gasteiger partial charge in [-0.2, -0.15) is 0 Å². The molecule has 0 bridgehead atoms. The van der Waals surface area contributed by atoms with Crippen LogP contribution in [0.2, 0.25) is 0 Å². The van der Waals surface area contributed by atoms with Gasteiger partial charge in [-0.3, -0.25) is 4.98 Å². The van der Waals surface area contributed by atoms with E-state index in [9.17, 15) is 0 Å². The van der Waals surface area contributed by atoms with Crippen molar-refractivity contribution in [1.82, 2.24) is 4.98 Å². The third kappa shape index (κ3) is 2.51. The first-order valence-corrected chi connectivity index (χ1v) is 6.25. The van der Waals surface area contributed by atoms with Crippen LogP contribution in [0.3, 0.4) is 0 Å². The summed E-state index contributed by atoms with van der Waals surface area (Å²) in [5, 5.41) is 0. The number of rotatable bonds is 4. The fraction of sp³-hybridized carbons (Fsp3) is 0.267. The van der Waals surface area contributed by atoms with E-state index < -0.39 is 0 Å². The van der Waals surface area contributed by atoms with Crippen LogP contribution in [0.5, 0.6) is 5.75 Å². The number of nitrogens with zero attached hydrogens (tertiary/aromatic N) is 1. The van der Waals surface area contributed by atoms with E-state index in [4.69, 9.17) is 10.5 Å². The van der Waals surface area contributed by atoms with Gasteiger partial charge in [-0.1, -0.05) is 12.1 Å². The van der Waals surface area contributed by atoms with Gasteiger partial charge in [-0.05, 0) is 48.2 Å². The first kappa shape index (κ1) is 11.2. The highest BCUT2D eigenvalue weighted by Crippen LogP contribution is 2.28. The lowest BCUT2D eigenvalue weighted by atomic mass is 10.0. The zero-order valence-corrected chi connectivity index (χ0v) is 10.1. The summed E-state index contributed by atoms with van der Waals surface area (Å²) < 4.78 is 5.71. The normalized spacial score (nSPS) is 16.3. The van der Waals surface area contributed by atoms with E-state index in [1.807, 2.05) is 36.4 Å². The van der Waals surface area contributed by atoms with Crippen LogP contribution in [0.1, 0.15) is 30.0 Å². The van der Waals surface area contributed by atoms with Gasteiger partial charge in [-0.15, -0.1) is 0 Å². The van der Waals surface area contributed by atoms with E-state index in [-0.39, 0.29) is 6.04 Å². The third-order valence-electron chi connectivity index (χ3n) is 3.13. The first-order chi connectivity index (χ1) is 8.83. The Balaban J connectivity index is 1.75. The fourth-order valence-electron chi connectivity index (χ4n) is 1.90. The molecule has 1 saturated carbocycles. The van der Waals surface area contributed by atoms with Crippen molar-refractivity contribution in [1.29, 1.82) is 0 Å². The highest BCUT2D eigenvalue weighted by molar-refractivity contribution is 5.34. The molecule has 3 rings (SSSR count). The Bertz CT molecular complexity index is 506. The average molecular weight is 240 g/mol. The van der Waals surface area contributed by atoms with Gasteiger partial charge in [-0.25, -0.2) is 0 Å². The molecule has 3 heteroatoms. The van der Waals surface area contributed by atoms with Crippen LogP contribution in [-0.4, -0.2) is 11.1 Å². The van der Waals surface area contributed by atoms with Gasteiger partial charge in [0, 0.05) is 12.4 Å². The van der Waals surface area contributed by atoms with E-state index in [1.54, 1.807) is 12.4 Å². The smallest absolute Gasteiger partial charge is 0.119 e. The van der Waals surface area contributed by atoms with Crippen molar-refractivity contribution >= 4 is 0 Å². The van der Waals surface area contributed by atoms with Gasteiger partial charge in [0.1, 0.15) is 5.75 Å². The Morgan fingerprint density at radius 3 is 2.22 bits per heavy atom. The summed E-state index contributed by atoms with van der Waals surface area (Å²) in [5.74, 6) is 0.933. The van der Waals surface area contributed by atoms with Crippen LogP contribution in [-0.2, 0) is 0 Å². The first-order valence-electron chi connectivity index (χ1n) is 6.25. The number of pyridine rings is 1. The van der Waals surface area contributed by atoms with Crippen LogP contribution in [0.4, 0.5) is 0 Å². The molecule has 92 valence electrons. The summed E-state index contributed by atoms with van der Waals surface area (Å²) in [4.78, 5) is 4.00. The molecule has 0 spiro atoms. The van der Waals surface area contributed by atoms with Gasteiger partial charge < -0.3 is 10.5 Å². The zero-order chi connectivity index (χ0) is 12.4. The minimum atomic E-state index is -0.108. The Morgan fingerprint density at radius 1 is 1.00 bits per heavy atom. The fourth-order valence-corrected chi connectivity index (χ4v) is 1.90.